The minimum atomic E-state index is -2.86. The average Bonchev–Trinajstić information content (AvgIpc) is 3.68. The fourth-order valence-electron chi connectivity index (χ4n) is 8.89. The van der Waals surface area contributed by atoms with Crippen LogP contribution < -0.4 is 16.3 Å². The van der Waals surface area contributed by atoms with Crippen LogP contribution in [0.25, 0.3) is 22.5 Å². The third-order valence-electron chi connectivity index (χ3n) is 12.5. The molecule has 1 unspecified atom stereocenters. The number of aryl methyl sites for hydroxylation is 3. The number of carbonyl (C=O) groups is 3. The number of fused-ring (bicyclic) bond motifs is 1. The smallest absolute Gasteiger partial charge is 0.329 e. The Morgan fingerprint density at radius 1 is 1.00 bits per heavy atom. The second-order valence-corrected chi connectivity index (χ2v) is 17.2. The van der Waals surface area contributed by atoms with Crippen molar-refractivity contribution in [2.24, 2.45) is 18.9 Å². The molecule has 0 bridgehead atoms. The number of carbonyl (C=O) groups excluding carboxylic acids is 3. The van der Waals surface area contributed by atoms with Crippen molar-refractivity contribution in [2.45, 2.75) is 102 Å². The lowest BCUT2D eigenvalue weighted by Crippen LogP contribution is -2.44. The Kier molecular flexibility index (Phi) is 13.4. The Morgan fingerprint density at radius 3 is 2.56 bits per heavy atom. The van der Waals surface area contributed by atoms with Crippen molar-refractivity contribution in [1.82, 2.24) is 39.1 Å². The molecule has 5 aromatic rings. The molecule has 0 spiro atoms. The molecule has 1 aliphatic heterocycles. The molecular formula is C45H55F2N9O6. The second-order valence-electron chi connectivity index (χ2n) is 17.2. The Balaban J connectivity index is 0.740. The molecule has 15 nitrogen and oxygen atoms in total. The third-order valence-corrected chi connectivity index (χ3v) is 12.5. The van der Waals surface area contributed by atoms with Crippen LogP contribution in [-0.4, -0.2) is 84.9 Å². The van der Waals surface area contributed by atoms with E-state index in [0.717, 1.165) is 93.6 Å². The first-order valence-corrected chi connectivity index (χ1v) is 21.9. The molecule has 17 heteroatoms. The van der Waals surface area contributed by atoms with E-state index >= 15 is 0 Å². The highest BCUT2D eigenvalue weighted by Crippen LogP contribution is 2.36. The molecule has 3 fully saturated rings. The molecule has 0 radical (unpaired) electrons. The predicted molar refractivity (Wildman–Crippen MR) is 227 cm³/mol. The van der Waals surface area contributed by atoms with Crippen LogP contribution >= 0.6 is 0 Å². The summed E-state index contributed by atoms with van der Waals surface area (Å²) in [6, 6.07) is 8.78. The third kappa shape index (κ3) is 10.2. The Hall–Kier alpha value is -5.55. The molecule has 3 aliphatic rings. The molecule has 4 aromatic heterocycles. The normalized spacial score (nSPS) is 19.5. The summed E-state index contributed by atoms with van der Waals surface area (Å²) >= 11 is 0. The van der Waals surface area contributed by atoms with Gasteiger partial charge in [-0.15, -0.1) is 0 Å². The monoisotopic (exact) mass is 855 g/mol. The molecule has 5 heterocycles. The molecule has 330 valence electrons. The first-order chi connectivity index (χ1) is 30.0. The number of ether oxygens (including phenoxy) is 1. The lowest BCUT2D eigenvalue weighted by molar-refractivity contribution is -0.135. The number of imidazole rings is 1. The molecular weight excluding hydrogens is 801 g/mol. The first-order valence-electron chi connectivity index (χ1n) is 21.9. The van der Waals surface area contributed by atoms with Gasteiger partial charge in [0.2, 0.25) is 17.7 Å². The number of pyridine rings is 1. The van der Waals surface area contributed by atoms with Gasteiger partial charge in [-0.05, 0) is 113 Å². The number of imide groups is 1. The van der Waals surface area contributed by atoms with Crippen molar-refractivity contribution >= 4 is 34.4 Å². The summed E-state index contributed by atoms with van der Waals surface area (Å²) in [5.74, 6) is 0.126. The highest BCUT2D eigenvalue weighted by molar-refractivity contribution is 6.03. The van der Waals surface area contributed by atoms with Gasteiger partial charge < -0.3 is 19.4 Å². The fourth-order valence-corrected chi connectivity index (χ4v) is 8.89. The van der Waals surface area contributed by atoms with E-state index in [1.165, 1.54) is 29.9 Å². The number of aromatic nitrogens is 6. The van der Waals surface area contributed by atoms with E-state index in [9.17, 15) is 28.0 Å². The molecule has 8 rings (SSSR count). The standard InChI is InChI=1S/C45H55F2N9O6/c1-53(20-4-22-61-21-3-5-29-11-15-36-38(23-29)54(2)45(60)56(36)37-16-17-39(57)51-43(37)59)25-30-9-13-33(14-10-30)55-26-34(40(52-55)41(46)47)49-42(58)35-27-62-44(50-35)31-18-19-48-32(24-31)12-8-28-6-7-28/h11,15,18-19,23-24,26-28,30,33,37,41H,3-10,12-14,16-17,20-22,25H2,1-2H3,(H,49,58)(H,51,57,59). The maximum Gasteiger partial charge on any atom is 0.329 e. The number of oxazole rings is 1. The van der Waals surface area contributed by atoms with Gasteiger partial charge in [-0.3, -0.25) is 38.5 Å². The molecule has 2 saturated carbocycles. The van der Waals surface area contributed by atoms with Crippen LogP contribution in [-0.2, 0) is 34.2 Å². The van der Waals surface area contributed by atoms with Crippen LogP contribution in [0.1, 0.15) is 117 Å². The van der Waals surface area contributed by atoms with Gasteiger partial charge in [0.25, 0.3) is 12.3 Å². The van der Waals surface area contributed by atoms with Gasteiger partial charge >= 0.3 is 5.69 Å². The van der Waals surface area contributed by atoms with Gasteiger partial charge in [-0.2, -0.15) is 5.10 Å². The van der Waals surface area contributed by atoms with Crippen LogP contribution in [0.15, 0.2) is 58.2 Å². The highest BCUT2D eigenvalue weighted by Gasteiger charge is 2.32. The molecule has 1 aromatic carbocycles. The van der Waals surface area contributed by atoms with Crippen LogP contribution in [0.2, 0.25) is 0 Å². The SMILES string of the molecule is CN(CCCOCCCc1ccc2c(c1)n(C)c(=O)n2C1CCC(=O)NC1=O)CC1CCC(n2cc(NC(=O)c3coc(-c4ccnc(CCC5CC5)c4)n3)c(C(F)F)n2)CC1. The van der Waals surface area contributed by atoms with E-state index in [1.807, 2.05) is 24.3 Å². The maximum atomic E-state index is 14.1. The fraction of sp³-hybridized carbons (Fsp3) is 0.533. The number of nitrogens with zero attached hydrogens (tertiary/aromatic N) is 7. The molecule has 1 atom stereocenters. The van der Waals surface area contributed by atoms with Gasteiger partial charge in [0.1, 0.15) is 12.3 Å². The lowest BCUT2D eigenvalue weighted by atomic mass is 9.86. The molecule has 62 heavy (non-hydrogen) atoms. The van der Waals surface area contributed by atoms with Crippen molar-refractivity contribution < 1.29 is 32.3 Å². The minimum absolute atomic E-state index is 0.0102. The van der Waals surface area contributed by atoms with Gasteiger partial charge in [0.05, 0.1) is 22.8 Å². The zero-order valence-electron chi connectivity index (χ0n) is 35.4. The molecule has 1 saturated heterocycles. The second kappa shape index (κ2) is 19.2. The van der Waals surface area contributed by atoms with Gasteiger partial charge in [0, 0.05) is 63.4 Å². The molecule has 3 amide bonds. The summed E-state index contributed by atoms with van der Waals surface area (Å²) in [6.07, 6.45) is 12.6. The summed E-state index contributed by atoms with van der Waals surface area (Å²) in [4.78, 5) is 61.4. The Labute approximate surface area is 358 Å². The van der Waals surface area contributed by atoms with Crippen molar-refractivity contribution in [3.8, 4) is 11.5 Å². The maximum absolute atomic E-state index is 14.1. The average molecular weight is 856 g/mol. The highest BCUT2D eigenvalue weighted by atomic mass is 19.3. The first kappa shape index (κ1) is 43.1. The number of halogens is 2. The van der Waals surface area contributed by atoms with Crippen LogP contribution in [0.3, 0.4) is 0 Å². The largest absolute Gasteiger partial charge is 0.444 e. The number of hydrogen-bond donors (Lipinski definition) is 2. The van der Waals surface area contributed by atoms with E-state index in [2.05, 4.69) is 37.6 Å². The van der Waals surface area contributed by atoms with Crippen molar-refractivity contribution in [3.63, 3.8) is 0 Å². The number of anilines is 1. The summed E-state index contributed by atoms with van der Waals surface area (Å²) in [6.45, 7) is 3.09. The number of benzene rings is 1. The van der Waals surface area contributed by atoms with Crippen LogP contribution in [0.5, 0.6) is 0 Å². The summed E-state index contributed by atoms with van der Waals surface area (Å²) < 4.78 is 44.5. The number of alkyl halides is 2. The molecule has 2 N–H and O–H groups in total. The van der Waals surface area contributed by atoms with Crippen molar-refractivity contribution in [1.29, 1.82) is 0 Å². The zero-order chi connectivity index (χ0) is 43.3. The van der Waals surface area contributed by atoms with E-state index in [0.29, 0.717) is 36.6 Å². The Morgan fingerprint density at radius 2 is 1.79 bits per heavy atom. The summed E-state index contributed by atoms with van der Waals surface area (Å²) in [5.41, 5.74) is 3.36. The van der Waals surface area contributed by atoms with Gasteiger partial charge in [0.15, 0.2) is 11.4 Å². The number of hydrogen-bond acceptors (Lipinski definition) is 10. The van der Waals surface area contributed by atoms with E-state index in [-0.39, 0.29) is 41.3 Å². The van der Waals surface area contributed by atoms with E-state index in [4.69, 9.17) is 9.15 Å². The quantitative estimate of drug-likeness (QED) is 0.0665. The number of piperidine rings is 1. The van der Waals surface area contributed by atoms with Gasteiger partial charge in [-0.1, -0.05) is 18.9 Å². The van der Waals surface area contributed by atoms with Crippen LogP contribution in [0.4, 0.5) is 14.5 Å². The number of amides is 3. The summed E-state index contributed by atoms with van der Waals surface area (Å²) in [7, 11) is 3.81. The Bertz CT molecular complexity index is 2440. The minimum Gasteiger partial charge on any atom is -0.444 e. The van der Waals surface area contributed by atoms with Gasteiger partial charge in [-0.25, -0.2) is 18.6 Å². The summed E-state index contributed by atoms with van der Waals surface area (Å²) in [5, 5.41) is 9.18. The van der Waals surface area contributed by atoms with E-state index < -0.39 is 30.0 Å². The van der Waals surface area contributed by atoms with Crippen molar-refractivity contribution in [3.05, 3.63) is 82.1 Å². The molecule has 2 aliphatic carbocycles. The topological polar surface area (TPSA) is 171 Å². The number of rotatable bonds is 19. The predicted octanol–water partition coefficient (Wildman–Crippen LogP) is 6.80. The van der Waals surface area contributed by atoms with Crippen LogP contribution in [0, 0.1) is 11.8 Å². The zero-order valence-corrected chi connectivity index (χ0v) is 35.4. The number of nitrogens with one attached hydrogen (secondary N) is 2. The van der Waals surface area contributed by atoms with E-state index in [1.54, 1.807) is 28.6 Å². The van der Waals surface area contributed by atoms with Crippen molar-refractivity contribution in [2.75, 3.05) is 38.7 Å². The lowest BCUT2D eigenvalue weighted by Gasteiger charge is -2.31.